The lowest BCUT2D eigenvalue weighted by molar-refractivity contribution is 0.104. The second-order valence-electron chi connectivity index (χ2n) is 1.28. The highest BCUT2D eigenvalue weighted by molar-refractivity contribution is 5.60. The van der Waals surface area contributed by atoms with Crippen LogP contribution in [0.5, 0.6) is 0 Å². The van der Waals surface area contributed by atoms with E-state index in [9.17, 15) is 9.18 Å². The number of ether oxygens (including phenoxy) is 2. The van der Waals surface area contributed by atoms with Crippen molar-refractivity contribution in [2.45, 2.75) is 6.92 Å². The molecule has 3 nitrogen and oxygen atoms in total. The smallest absolute Gasteiger partial charge is 0.437 e. The van der Waals surface area contributed by atoms with Crippen molar-refractivity contribution in [3.8, 4) is 0 Å². The highest BCUT2D eigenvalue weighted by atomic mass is 19.1. The summed E-state index contributed by atoms with van der Waals surface area (Å²) in [6.45, 7) is 1.16. The van der Waals surface area contributed by atoms with Crippen LogP contribution < -0.4 is 0 Å². The van der Waals surface area contributed by atoms with Crippen molar-refractivity contribution in [1.29, 1.82) is 0 Å². The predicted molar refractivity (Wildman–Crippen MR) is 28.4 cm³/mol. The van der Waals surface area contributed by atoms with E-state index >= 15 is 0 Å². The quantitative estimate of drug-likeness (QED) is 0.403. The predicted octanol–water partition coefficient (Wildman–Crippen LogP) is 1.60. The molecule has 0 amide bonds. The lowest BCUT2D eigenvalue weighted by atomic mass is 10.7. The summed E-state index contributed by atoms with van der Waals surface area (Å²) < 4.78 is 19.8. The number of hydrogen-bond acceptors (Lipinski definition) is 3. The van der Waals surface area contributed by atoms with E-state index in [1.807, 2.05) is 0 Å². The second kappa shape index (κ2) is 3.88. The average Bonchev–Trinajstić information content (AvgIpc) is 1.83. The maximum atomic E-state index is 11.7. The molecular formula is C5H7FO3. The van der Waals surface area contributed by atoms with Crippen LogP contribution >= 0.6 is 0 Å². The largest absolute Gasteiger partial charge is 0.513 e. The van der Waals surface area contributed by atoms with Gasteiger partial charge in [-0.15, -0.1) is 0 Å². The number of rotatable bonds is 1. The molecule has 52 valence electrons. The molecule has 0 saturated carbocycles. The van der Waals surface area contributed by atoms with E-state index in [0.717, 1.165) is 14.0 Å². The van der Waals surface area contributed by atoms with Gasteiger partial charge in [-0.1, -0.05) is 0 Å². The Morgan fingerprint density at radius 2 is 2.22 bits per heavy atom. The van der Waals surface area contributed by atoms with Crippen LogP contribution in [0, 0.1) is 0 Å². The van der Waals surface area contributed by atoms with Crippen molar-refractivity contribution in [1.82, 2.24) is 0 Å². The van der Waals surface area contributed by atoms with E-state index in [0.29, 0.717) is 6.26 Å². The van der Waals surface area contributed by atoms with Crippen LogP contribution in [0.4, 0.5) is 9.18 Å². The number of methoxy groups -OCH3 is 1. The molecule has 0 aliphatic rings. The number of halogens is 1. The number of carbonyl (C=O) groups is 1. The third-order valence-electron chi connectivity index (χ3n) is 0.484. The van der Waals surface area contributed by atoms with Gasteiger partial charge in [0.15, 0.2) is 0 Å². The number of hydrogen-bond donors (Lipinski definition) is 0. The molecule has 0 aromatic carbocycles. The van der Waals surface area contributed by atoms with Crippen LogP contribution in [0.15, 0.2) is 12.1 Å². The van der Waals surface area contributed by atoms with Crippen LogP contribution in [-0.2, 0) is 9.47 Å². The van der Waals surface area contributed by atoms with Gasteiger partial charge in [-0.2, -0.15) is 0 Å². The van der Waals surface area contributed by atoms with Crippen molar-refractivity contribution in [2.24, 2.45) is 0 Å². The van der Waals surface area contributed by atoms with Crippen LogP contribution in [0.3, 0.4) is 0 Å². The first-order valence-corrected chi connectivity index (χ1v) is 2.23. The van der Waals surface area contributed by atoms with E-state index in [1.54, 1.807) is 0 Å². The molecule has 0 radical (unpaired) electrons. The minimum absolute atomic E-state index is 0.583. The van der Waals surface area contributed by atoms with Crippen molar-refractivity contribution in [3.05, 3.63) is 12.1 Å². The first-order valence-electron chi connectivity index (χ1n) is 2.23. The number of carbonyl (C=O) groups excluding carboxylic acids is 1. The maximum Gasteiger partial charge on any atom is 0.513 e. The zero-order valence-electron chi connectivity index (χ0n) is 5.18. The van der Waals surface area contributed by atoms with Gasteiger partial charge in [0, 0.05) is 0 Å². The van der Waals surface area contributed by atoms with Gasteiger partial charge < -0.3 is 9.47 Å². The Bertz CT molecular complexity index is 126. The van der Waals surface area contributed by atoms with E-state index in [-0.39, 0.29) is 0 Å². The Morgan fingerprint density at radius 3 is 2.56 bits per heavy atom. The Kier molecular flexibility index (Phi) is 3.43. The van der Waals surface area contributed by atoms with E-state index in [4.69, 9.17) is 0 Å². The first kappa shape index (κ1) is 7.94. The fraction of sp³-hybridized carbons (Fsp3) is 0.400. The summed E-state index contributed by atoms with van der Waals surface area (Å²) in [6, 6.07) is 0. The summed E-state index contributed by atoms with van der Waals surface area (Å²) in [5.74, 6) is -0.583. The van der Waals surface area contributed by atoms with Gasteiger partial charge in [0.25, 0.3) is 0 Å². The molecule has 0 fully saturated rings. The first-order chi connectivity index (χ1) is 4.16. The summed E-state index contributed by atoms with van der Waals surface area (Å²) in [5, 5.41) is 0. The van der Waals surface area contributed by atoms with Crippen LogP contribution in [0.1, 0.15) is 6.92 Å². The summed E-state index contributed by atoms with van der Waals surface area (Å²) >= 11 is 0. The Hall–Kier alpha value is -1.06. The molecule has 0 N–H and O–H groups in total. The number of allylic oxidation sites excluding steroid dienone is 1. The zero-order chi connectivity index (χ0) is 7.28. The highest BCUT2D eigenvalue weighted by Gasteiger charge is 1.95. The van der Waals surface area contributed by atoms with Crippen LogP contribution in [0.2, 0.25) is 0 Å². The normalized spacial score (nSPS) is 10.8. The van der Waals surface area contributed by atoms with Crippen LogP contribution in [-0.4, -0.2) is 13.3 Å². The lowest BCUT2D eigenvalue weighted by Gasteiger charge is -1.93. The minimum Gasteiger partial charge on any atom is -0.437 e. The molecule has 0 aromatic rings. The maximum absolute atomic E-state index is 11.7. The summed E-state index contributed by atoms with van der Waals surface area (Å²) in [6.07, 6.45) is -0.252. The Balaban J connectivity index is 3.50. The molecule has 0 aliphatic carbocycles. The van der Waals surface area contributed by atoms with Crippen LogP contribution in [0.25, 0.3) is 0 Å². The fourth-order valence-electron chi connectivity index (χ4n) is 0.177. The van der Waals surface area contributed by atoms with Gasteiger partial charge in [-0.3, -0.25) is 0 Å². The molecule has 0 bridgehead atoms. The molecule has 4 heteroatoms. The average molecular weight is 134 g/mol. The third kappa shape index (κ3) is 4.80. The molecule has 0 unspecified atom stereocenters. The molecule has 0 spiro atoms. The van der Waals surface area contributed by atoms with E-state index < -0.39 is 12.0 Å². The Morgan fingerprint density at radius 1 is 1.67 bits per heavy atom. The topological polar surface area (TPSA) is 35.5 Å². The van der Waals surface area contributed by atoms with Gasteiger partial charge >= 0.3 is 6.16 Å². The van der Waals surface area contributed by atoms with Gasteiger partial charge in [0.1, 0.15) is 12.1 Å². The molecule has 0 saturated heterocycles. The van der Waals surface area contributed by atoms with Gasteiger partial charge in [-0.05, 0) is 6.92 Å². The Labute approximate surface area is 52.1 Å². The van der Waals surface area contributed by atoms with E-state index in [1.165, 1.54) is 0 Å². The van der Waals surface area contributed by atoms with Crippen molar-refractivity contribution < 1.29 is 18.7 Å². The van der Waals surface area contributed by atoms with Crippen molar-refractivity contribution >= 4 is 6.16 Å². The standard InChI is InChI=1S/C5H7FO3/c1-4(6)3-9-5(7)8-2/h3H,1-2H3/b4-3+. The molecule has 0 heterocycles. The van der Waals surface area contributed by atoms with Gasteiger partial charge in [0.2, 0.25) is 0 Å². The molecule has 0 rings (SSSR count). The molecular weight excluding hydrogens is 127 g/mol. The fourth-order valence-corrected chi connectivity index (χ4v) is 0.177. The second-order valence-corrected chi connectivity index (χ2v) is 1.28. The van der Waals surface area contributed by atoms with E-state index in [2.05, 4.69) is 9.47 Å². The highest BCUT2D eigenvalue weighted by Crippen LogP contribution is 1.93. The molecule has 0 atom stereocenters. The lowest BCUT2D eigenvalue weighted by Crippen LogP contribution is -1.98. The van der Waals surface area contributed by atoms with Gasteiger partial charge in [0.05, 0.1) is 7.11 Å². The summed E-state index contributed by atoms with van der Waals surface area (Å²) in [4.78, 5) is 10.1. The molecule has 9 heavy (non-hydrogen) atoms. The monoisotopic (exact) mass is 134 g/mol. The third-order valence-corrected chi connectivity index (χ3v) is 0.484. The van der Waals surface area contributed by atoms with Crippen molar-refractivity contribution in [3.63, 3.8) is 0 Å². The SMILES string of the molecule is COC(=O)O/C=C(\C)F. The van der Waals surface area contributed by atoms with Gasteiger partial charge in [-0.25, -0.2) is 9.18 Å². The molecule has 0 aromatic heterocycles. The summed E-state index contributed by atoms with van der Waals surface area (Å²) in [5.41, 5.74) is 0. The zero-order valence-corrected chi connectivity index (χ0v) is 5.18. The molecule has 0 aliphatic heterocycles. The minimum atomic E-state index is -0.924. The summed E-state index contributed by atoms with van der Waals surface area (Å²) in [7, 11) is 1.14. The van der Waals surface area contributed by atoms with Crippen molar-refractivity contribution in [2.75, 3.05) is 7.11 Å².